The van der Waals surface area contributed by atoms with E-state index >= 15 is 0 Å². The van der Waals surface area contributed by atoms with Gasteiger partial charge in [0, 0.05) is 38.4 Å². The van der Waals surface area contributed by atoms with Crippen molar-refractivity contribution in [2.75, 3.05) is 0 Å². The second-order valence-electron chi connectivity index (χ2n) is 11.4. The molecule has 0 aliphatic heterocycles. The van der Waals surface area contributed by atoms with Gasteiger partial charge in [0.15, 0.2) is 5.82 Å². The van der Waals surface area contributed by atoms with E-state index in [1.165, 1.54) is 11.7 Å². The van der Waals surface area contributed by atoms with Crippen molar-refractivity contribution < 1.29 is 0 Å². The minimum Gasteiger partial charge on any atom is -0.247 e. The fourth-order valence-electron chi connectivity index (χ4n) is 6.25. The number of hydrogen-bond donors (Lipinski definition) is 0. The van der Waals surface area contributed by atoms with Crippen LogP contribution in [0.3, 0.4) is 0 Å². The standard InChI is InChI=1S/C41H25N5S/c1-3-10-27(11-4-1)36-25-37(44-41(43-36)29-12-5-2-6-13-29)28-20-18-26(19-21-28)30-14-9-15-31(24-30)39-33-22-23-35-40(46-47-45-35)38(33)32-16-7-8-17-34(32)42-39/h1-25H. The fraction of sp³-hybridized carbons (Fsp3) is 0. The summed E-state index contributed by atoms with van der Waals surface area (Å²) in [5, 5.41) is 3.26. The molecule has 6 heteroatoms. The Morgan fingerprint density at radius 2 is 1.02 bits per heavy atom. The lowest BCUT2D eigenvalue weighted by atomic mass is 9.96. The molecule has 0 saturated carbocycles. The van der Waals surface area contributed by atoms with Crippen LogP contribution in [0.5, 0.6) is 0 Å². The molecule has 9 aromatic rings. The van der Waals surface area contributed by atoms with Crippen LogP contribution in [-0.2, 0) is 0 Å². The van der Waals surface area contributed by atoms with Crippen molar-refractivity contribution in [3.8, 4) is 56.3 Å². The van der Waals surface area contributed by atoms with Crippen LogP contribution in [0.2, 0.25) is 0 Å². The third-order valence-electron chi connectivity index (χ3n) is 8.57. The number of para-hydroxylation sites is 1. The molecule has 220 valence electrons. The average Bonchev–Trinajstić information content (AvgIpc) is 3.65. The molecule has 0 aliphatic carbocycles. The number of hydrogen-bond acceptors (Lipinski definition) is 6. The van der Waals surface area contributed by atoms with Gasteiger partial charge in [0.05, 0.1) is 34.3 Å². The quantitative estimate of drug-likeness (QED) is 0.179. The van der Waals surface area contributed by atoms with Crippen LogP contribution in [0.15, 0.2) is 152 Å². The highest BCUT2D eigenvalue weighted by Crippen LogP contribution is 2.37. The Morgan fingerprint density at radius 1 is 0.383 bits per heavy atom. The van der Waals surface area contributed by atoms with Crippen LogP contribution in [0.1, 0.15) is 0 Å². The van der Waals surface area contributed by atoms with E-state index in [1.807, 2.05) is 60.7 Å². The third-order valence-corrected chi connectivity index (χ3v) is 9.11. The summed E-state index contributed by atoms with van der Waals surface area (Å²) < 4.78 is 9.17. The molecular weight excluding hydrogens is 595 g/mol. The number of pyridine rings is 1. The number of benzene rings is 6. The zero-order valence-corrected chi connectivity index (χ0v) is 25.9. The van der Waals surface area contributed by atoms with Gasteiger partial charge in [0.1, 0.15) is 11.0 Å². The Bertz CT molecular complexity index is 2500. The zero-order valence-electron chi connectivity index (χ0n) is 25.1. The van der Waals surface area contributed by atoms with Crippen molar-refractivity contribution in [2.45, 2.75) is 0 Å². The first kappa shape index (κ1) is 27.2. The number of fused-ring (bicyclic) bond motifs is 5. The summed E-state index contributed by atoms with van der Waals surface area (Å²) in [7, 11) is 0. The molecule has 0 unspecified atom stereocenters. The van der Waals surface area contributed by atoms with Crippen LogP contribution < -0.4 is 0 Å². The van der Waals surface area contributed by atoms with E-state index in [0.717, 1.165) is 83.2 Å². The van der Waals surface area contributed by atoms with E-state index in [-0.39, 0.29) is 0 Å². The second-order valence-corrected chi connectivity index (χ2v) is 12.0. The minimum atomic E-state index is 0.708. The molecule has 6 aromatic carbocycles. The molecule has 0 radical (unpaired) electrons. The summed E-state index contributed by atoms with van der Waals surface area (Å²) in [4.78, 5) is 15.1. The Labute approximate surface area is 275 Å². The van der Waals surface area contributed by atoms with E-state index in [2.05, 4.69) is 99.7 Å². The highest BCUT2D eigenvalue weighted by Gasteiger charge is 2.16. The number of nitrogens with zero attached hydrogens (tertiary/aromatic N) is 5. The van der Waals surface area contributed by atoms with E-state index in [9.17, 15) is 0 Å². The molecule has 0 bridgehead atoms. The Kier molecular flexibility index (Phi) is 6.58. The van der Waals surface area contributed by atoms with Gasteiger partial charge in [-0.05, 0) is 41.5 Å². The highest BCUT2D eigenvalue weighted by molar-refractivity contribution is 7.00. The predicted molar refractivity (Wildman–Crippen MR) is 193 cm³/mol. The number of rotatable bonds is 5. The van der Waals surface area contributed by atoms with Crippen LogP contribution in [-0.4, -0.2) is 23.7 Å². The van der Waals surface area contributed by atoms with E-state index in [0.29, 0.717) is 5.82 Å². The molecule has 3 heterocycles. The summed E-state index contributed by atoms with van der Waals surface area (Å²) in [5.41, 5.74) is 11.9. The molecule has 0 atom stereocenters. The van der Waals surface area contributed by atoms with Crippen LogP contribution in [0, 0.1) is 0 Å². The molecule has 0 saturated heterocycles. The lowest BCUT2D eigenvalue weighted by Gasteiger charge is -2.12. The van der Waals surface area contributed by atoms with Gasteiger partial charge in [-0.15, -0.1) is 0 Å². The molecule has 0 spiro atoms. The molecular formula is C41H25N5S. The Morgan fingerprint density at radius 3 is 1.81 bits per heavy atom. The van der Waals surface area contributed by atoms with Crippen molar-refractivity contribution in [1.82, 2.24) is 23.7 Å². The van der Waals surface area contributed by atoms with Gasteiger partial charge in [-0.1, -0.05) is 121 Å². The van der Waals surface area contributed by atoms with Gasteiger partial charge in [0.2, 0.25) is 0 Å². The van der Waals surface area contributed by atoms with E-state index in [1.54, 1.807) is 0 Å². The maximum Gasteiger partial charge on any atom is 0.160 e. The smallest absolute Gasteiger partial charge is 0.160 e. The van der Waals surface area contributed by atoms with Crippen molar-refractivity contribution in [3.63, 3.8) is 0 Å². The first-order valence-electron chi connectivity index (χ1n) is 15.4. The topological polar surface area (TPSA) is 64.5 Å². The van der Waals surface area contributed by atoms with Gasteiger partial charge in [-0.3, -0.25) is 0 Å². The number of aromatic nitrogens is 5. The molecule has 5 nitrogen and oxygen atoms in total. The summed E-state index contributed by atoms with van der Waals surface area (Å²) >= 11 is 1.25. The molecule has 0 amide bonds. The first-order valence-corrected chi connectivity index (χ1v) is 16.2. The van der Waals surface area contributed by atoms with Crippen LogP contribution in [0.4, 0.5) is 0 Å². The second kappa shape index (κ2) is 11.4. The molecule has 0 N–H and O–H groups in total. The molecule has 0 aliphatic rings. The predicted octanol–water partition coefficient (Wildman–Crippen LogP) is 10.5. The first-order chi connectivity index (χ1) is 23.3. The van der Waals surface area contributed by atoms with Gasteiger partial charge in [-0.25, -0.2) is 15.0 Å². The SMILES string of the molecule is c1ccc(-c2cc(-c3ccc(-c4cccc(-c5nc6ccccc6c6c5ccc5nsnc56)c4)cc3)nc(-c3ccccc3)n2)cc1. The fourth-order valence-corrected chi connectivity index (χ4v) is 6.80. The highest BCUT2D eigenvalue weighted by atomic mass is 32.1. The lowest BCUT2D eigenvalue weighted by molar-refractivity contribution is 1.18. The lowest BCUT2D eigenvalue weighted by Crippen LogP contribution is -1.95. The minimum absolute atomic E-state index is 0.708. The van der Waals surface area contributed by atoms with Gasteiger partial charge in [-0.2, -0.15) is 8.75 Å². The van der Waals surface area contributed by atoms with E-state index < -0.39 is 0 Å². The summed E-state index contributed by atoms with van der Waals surface area (Å²) in [6, 6.07) is 52.2. The van der Waals surface area contributed by atoms with Crippen molar-refractivity contribution >= 4 is 44.4 Å². The molecule has 9 rings (SSSR count). The van der Waals surface area contributed by atoms with Crippen molar-refractivity contribution in [3.05, 3.63) is 152 Å². The zero-order chi connectivity index (χ0) is 31.2. The summed E-state index contributed by atoms with van der Waals surface area (Å²) in [6.07, 6.45) is 0. The third kappa shape index (κ3) is 4.92. The van der Waals surface area contributed by atoms with Gasteiger partial charge >= 0.3 is 0 Å². The van der Waals surface area contributed by atoms with Crippen LogP contribution in [0.25, 0.3) is 89.0 Å². The van der Waals surface area contributed by atoms with E-state index in [4.69, 9.17) is 15.0 Å². The molecule has 3 aromatic heterocycles. The molecule has 0 fully saturated rings. The van der Waals surface area contributed by atoms with Crippen molar-refractivity contribution in [1.29, 1.82) is 0 Å². The summed E-state index contributed by atoms with van der Waals surface area (Å²) in [5.74, 6) is 0.708. The average molecular weight is 620 g/mol. The van der Waals surface area contributed by atoms with Crippen molar-refractivity contribution in [2.24, 2.45) is 0 Å². The largest absolute Gasteiger partial charge is 0.247 e. The van der Waals surface area contributed by atoms with Gasteiger partial charge < -0.3 is 0 Å². The maximum atomic E-state index is 5.16. The van der Waals surface area contributed by atoms with Crippen LogP contribution >= 0.6 is 11.7 Å². The van der Waals surface area contributed by atoms with Gasteiger partial charge in [0.25, 0.3) is 0 Å². The maximum absolute atomic E-state index is 5.16. The molecule has 47 heavy (non-hydrogen) atoms. The monoisotopic (exact) mass is 619 g/mol. The normalized spacial score (nSPS) is 11.4. The Hall–Kier alpha value is -6.11. The Balaban J connectivity index is 1.12. The summed E-state index contributed by atoms with van der Waals surface area (Å²) in [6.45, 7) is 0.